The number of benzene rings is 2. The van der Waals surface area contributed by atoms with E-state index in [9.17, 15) is 4.39 Å². The van der Waals surface area contributed by atoms with E-state index >= 15 is 0 Å². The molecule has 1 atom stereocenters. The Balaban J connectivity index is 2.68. The number of halogens is 4. The second kappa shape index (κ2) is 6.67. The molecule has 5 heteroatoms. The SMILES string of the molecule is COc1c(C)cc(Br)c(C)c1C(Cl)c1cccc(F)c1Br. The summed E-state index contributed by atoms with van der Waals surface area (Å²) in [5.74, 6) is 0.397. The van der Waals surface area contributed by atoms with Crippen molar-refractivity contribution in [3.63, 3.8) is 0 Å². The lowest BCUT2D eigenvalue weighted by atomic mass is 9.96. The van der Waals surface area contributed by atoms with Crippen LogP contribution in [0.15, 0.2) is 33.2 Å². The number of hydrogen-bond acceptors (Lipinski definition) is 1. The van der Waals surface area contributed by atoms with Gasteiger partial charge in [-0.05, 0) is 58.6 Å². The molecule has 0 spiro atoms. The van der Waals surface area contributed by atoms with Crippen LogP contribution in [0.25, 0.3) is 0 Å². The summed E-state index contributed by atoms with van der Waals surface area (Å²) in [7, 11) is 1.61. The first kappa shape index (κ1) is 16.8. The molecule has 0 aliphatic heterocycles. The summed E-state index contributed by atoms with van der Waals surface area (Å²) >= 11 is 13.5. The predicted molar refractivity (Wildman–Crippen MR) is 92.0 cm³/mol. The average Bonchev–Trinajstić information content (AvgIpc) is 2.44. The van der Waals surface area contributed by atoms with Crippen molar-refractivity contribution >= 4 is 43.5 Å². The van der Waals surface area contributed by atoms with Gasteiger partial charge in [0.15, 0.2) is 0 Å². The summed E-state index contributed by atoms with van der Waals surface area (Å²) in [6.45, 7) is 3.92. The maximum Gasteiger partial charge on any atom is 0.137 e. The Bertz CT molecular complexity index is 688. The molecule has 21 heavy (non-hydrogen) atoms. The molecule has 0 bridgehead atoms. The molecule has 0 aliphatic rings. The lowest BCUT2D eigenvalue weighted by Gasteiger charge is -2.21. The number of hydrogen-bond donors (Lipinski definition) is 0. The zero-order chi connectivity index (χ0) is 15.7. The Labute approximate surface area is 145 Å². The lowest BCUT2D eigenvalue weighted by molar-refractivity contribution is 0.406. The third kappa shape index (κ3) is 3.13. The Morgan fingerprint density at radius 2 is 1.90 bits per heavy atom. The minimum absolute atomic E-state index is 0.332. The Hall–Kier alpha value is -0.580. The van der Waals surface area contributed by atoms with E-state index in [2.05, 4.69) is 31.9 Å². The molecule has 0 fully saturated rings. The number of methoxy groups -OCH3 is 1. The topological polar surface area (TPSA) is 9.23 Å². The van der Waals surface area contributed by atoms with Crippen molar-refractivity contribution in [3.8, 4) is 5.75 Å². The van der Waals surface area contributed by atoms with Gasteiger partial charge in [0.25, 0.3) is 0 Å². The molecule has 0 amide bonds. The monoisotopic (exact) mass is 434 g/mol. The Morgan fingerprint density at radius 3 is 2.52 bits per heavy atom. The number of rotatable bonds is 3. The van der Waals surface area contributed by atoms with E-state index in [4.69, 9.17) is 16.3 Å². The molecule has 0 saturated carbocycles. The van der Waals surface area contributed by atoms with E-state index in [-0.39, 0.29) is 5.82 Å². The minimum Gasteiger partial charge on any atom is -0.496 e. The van der Waals surface area contributed by atoms with Crippen LogP contribution >= 0.6 is 43.5 Å². The molecule has 0 aromatic heterocycles. The maximum atomic E-state index is 13.8. The predicted octanol–water partition coefficient (Wildman–Crippen LogP) is 6.30. The van der Waals surface area contributed by atoms with Crippen LogP contribution in [0.5, 0.6) is 5.75 Å². The molecule has 1 nitrogen and oxygen atoms in total. The normalized spacial score (nSPS) is 12.3. The fourth-order valence-electron chi connectivity index (χ4n) is 2.32. The number of alkyl halides is 1. The van der Waals surface area contributed by atoms with Crippen molar-refractivity contribution in [1.29, 1.82) is 0 Å². The molecule has 2 aromatic rings. The third-order valence-corrected chi connectivity index (χ3v) is 5.53. The van der Waals surface area contributed by atoms with Gasteiger partial charge in [0.05, 0.1) is 17.0 Å². The number of aryl methyl sites for hydroxylation is 1. The summed E-state index contributed by atoms with van der Waals surface area (Å²) in [5, 5.41) is -0.513. The smallest absolute Gasteiger partial charge is 0.137 e. The van der Waals surface area contributed by atoms with Crippen molar-refractivity contribution in [2.75, 3.05) is 7.11 Å². The van der Waals surface area contributed by atoms with E-state index in [1.54, 1.807) is 19.2 Å². The summed E-state index contributed by atoms with van der Waals surface area (Å²) in [5.41, 5.74) is 3.48. The molecule has 0 aliphatic carbocycles. The van der Waals surface area contributed by atoms with E-state index in [1.807, 2.05) is 19.9 Å². The second-order valence-electron chi connectivity index (χ2n) is 4.75. The van der Waals surface area contributed by atoms with Crippen molar-refractivity contribution in [3.05, 3.63) is 61.3 Å². The van der Waals surface area contributed by atoms with Gasteiger partial charge in [-0.2, -0.15) is 0 Å². The highest BCUT2D eigenvalue weighted by Gasteiger charge is 2.24. The minimum atomic E-state index is -0.513. The van der Waals surface area contributed by atoms with E-state index < -0.39 is 5.38 Å². The van der Waals surface area contributed by atoms with Gasteiger partial charge in [0.2, 0.25) is 0 Å². The third-order valence-electron chi connectivity index (χ3n) is 3.42. The highest BCUT2D eigenvalue weighted by molar-refractivity contribution is 9.10. The van der Waals surface area contributed by atoms with E-state index in [0.717, 1.165) is 26.9 Å². The second-order valence-corrected chi connectivity index (χ2v) is 6.84. The quantitative estimate of drug-likeness (QED) is 0.513. The van der Waals surface area contributed by atoms with Crippen molar-refractivity contribution in [2.45, 2.75) is 19.2 Å². The first-order valence-corrected chi connectivity index (χ1v) is 8.32. The fourth-order valence-corrected chi connectivity index (χ4v) is 3.95. The Kier molecular flexibility index (Phi) is 5.33. The van der Waals surface area contributed by atoms with Crippen LogP contribution in [0.3, 0.4) is 0 Å². The van der Waals surface area contributed by atoms with Gasteiger partial charge in [-0.25, -0.2) is 4.39 Å². The lowest BCUT2D eigenvalue weighted by Crippen LogP contribution is -2.04. The summed E-state index contributed by atoms with van der Waals surface area (Å²) in [4.78, 5) is 0. The molecular weight excluding hydrogens is 422 g/mol. The molecular formula is C16H14Br2ClFO. The van der Waals surface area contributed by atoms with Crippen LogP contribution in [0.1, 0.15) is 27.6 Å². The van der Waals surface area contributed by atoms with Crippen LogP contribution < -0.4 is 4.74 Å². The van der Waals surface area contributed by atoms with Crippen LogP contribution in [-0.4, -0.2) is 7.11 Å². The van der Waals surface area contributed by atoms with Crippen LogP contribution in [-0.2, 0) is 0 Å². The summed E-state index contributed by atoms with van der Waals surface area (Å²) in [6.07, 6.45) is 0. The molecule has 0 saturated heterocycles. The van der Waals surface area contributed by atoms with E-state index in [0.29, 0.717) is 10.0 Å². The van der Waals surface area contributed by atoms with Gasteiger partial charge in [0.1, 0.15) is 11.6 Å². The fraction of sp³-hybridized carbons (Fsp3) is 0.250. The molecule has 2 aromatic carbocycles. The largest absolute Gasteiger partial charge is 0.496 e. The Morgan fingerprint density at radius 1 is 1.24 bits per heavy atom. The van der Waals surface area contributed by atoms with Gasteiger partial charge >= 0.3 is 0 Å². The zero-order valence-corrected chi connectivity index (χ0v) is 15.7. The van der Waals surface area contributed by atoms with Gasteiger partial charge < -0.3 is 4.74 Å². The van der Waals surface area contributed by atoms with Gasteiger partial charge in [0, 0.05) is 10.0 Å². The van der Waals surface area contributed by atoms with Crippen LogP contribution in [0.4, 0.5) is 4.39 Å². The molecule has 0 radical (unpaired) electrons. The molecule has 112 valence electrons. The zero-order valence-electron chi connectivity index (χ0n) is 11.8. The summed E-state index contributed by atoms with van der Waals surface area (Å²) < 4.78 is 20.6. The first-order chi connectivity index (χ1) is 9.88. The molecule has 1 unspecified atom stereocenters. The van der Waals surface area contributed by atoms with Crippen LogP contribution in [0.2, 0.25) is 0 Å². The highest BCUT2D eigenvalue weighted by atomic mass is 79.9. The molecule has 0 N–H and O–H groups in total. The van der Waals surface area contributed by atoms with Crippen molar-refractivity contribution in [1.82, 2.24) is 0 Å². The summed E-state index contributed by atoms with van der Waals surface area (Å²) in [6, 6.07) is 6.84. The maximum absolute atomic E-state index is 13.8. The van der Waals surface area contributed by atoms with Crippen molar-refractivity contribution < 1.29 is 9.13 Å². The standard InChI is InChI=1S/C16H14Br2ClFO/c1-8-7-11(17)9(2)13(16(8)21-3)15(19)10-5-4-6-12(20)14(10)18/h4-7,15H,1-3H3. The van der Waals surface area contributed by atoms with Gasteiger partial charge in [-0.1, -0.05) is 28.1 Å². The average molecular weight is 437 g/mol. The van der Waals surface area contributed by atoms with E-state index in [1.165, 1.54) is 6.07 Å². The molecule has 2 rings (SSSR count). The van der Waals surface area contributed by atoms with Crippen molar-refractivity contribution in [2.24, 2.45) is 0 Å². The molecule has 0 heterocycles. The number of ether oxygens (including phenoxy) is 1. The highest BCUT2D eigenvalue weighted by Crippen LogP contribution is 2.44. The van der Waals surface area contributed by atoms with Crippen LogP contribution in [0, 0.1) is 19.7 Å². The van der Waals surface area contributed by atoms with Gasteiger partial charge in [-0.15, -0.1) is 11.6 Å². The first-order valence-electron chi connectivity index (χ1n) is 6.30. The van der Waals surface area contributed by atoms with Gasteiger partial charge in [-0.3, -0.25) is 0 Å².